The summed E-state index contributed by atoms with van der Waals surface area (Å²) in [7, 11) is 1.61. The largest absolute Gasteiger partial charge is 0.379 e. The molecule has 0 aliphatic heterocycles. The molecule has 2 atom stereocenters. The summed E-state index contributed by atoms with van der Waals surface area (Å²) in [5, 5.41) is 0.0728. The van der Waals surface area contributed by atoms with E-state index >= 15 is 0 Å². The number of nitrogens with two attached hydrogens (primary N) is 1. The van der Waals surface area contributed by atoms with Crippen molar-refractivity contribution in [3.05, 3.63) is 33.0 Å². The van der Waals surface area contributed by atoms with Crippen LogP contribution in [0.1, 0.15) is 24.4 Å². The molecule has 0 heterocycles. The van der Waals surface area contributed by atoms with Gasteiger partial charge in [-0.25, -0.2) is 4.39 Å². The standard InChI is InChI=1S/C12H14BrClFNO/c1-17-12(6-2-3-6)11(16)7-4-5-8(13)9(14)10(7)15/h4-6,11-12H,2-3,16H2,1H3. The third-order valence-corrected chi connectivity index (χ3v) is 4.40. The summed E-state index contributed by atoms with van der Waals surface area (Å²) in [5.74, 6) is -0.0203. The van der Waals surface area contributed by atoms with E-state index in [1.54, 1.807) is 19.2 Å². The number of benzene rings is 1. The van der Waals surface area contributed by atoms with Crippen molar-refractivity contribution < 1.29 is 9.13 Å². The Hall–Kier alpha value is -0.160. The number of halogens is 3. The molecule has 1 aliphatic carbocycles. The highest BCUT2D eigenvalue weighted by atomic mass is 79.9. The van der Waals surface area contributed by atoms with Gasteiger partial charge in [0, 0.05) is 17.1 Å². The van der Waals surface area contributed by atoms with Crippen LogP contribution in [0.5, 0.6) is 0 Å². The molecule has 0 amide bonds. The fourth-order valence-corrected chi connectivity index (χ4v) is 2.51. The van der Waals surface area contributed by atoms with E-state index < -0.39 is 11.9 Å². The average molecular weight is 323 g/mol. The van der Waals surface area contributed by atoms with Crippen molar-refractivity contribution in [3.8, 4) is 0 Å². The van der Waals surface area contributed by atoms with E-state index in [0.717, 1.165) is 12.8 Å². The molecule has 0 radical (unpaired) electrons. The smallest absolute Gasteiger partial charge is 0.147 e. The Morgan fingerprint density at radius 1 is 1.53 bits per heavy atom. The van der Waals surface area contributed by atoms with Crippen LogP contribution >= 0.6 is 27.5 Å². The fraction of sp³-hybridized carbons (Fsp3) is 0.500. The molecular formula is C12H14BrClFNO. The van der Waals surface area contributed by atoms with Crippen LogP contribution in [0.2, 0.25) is 5.02 Å². The molecule has 2 N–H and O–H groups in total. The summed E-state index contributed by atoms with van der Waals surface area (Å²) in [4.78, 5) is 0. The van der Waals surface area contributed by atoms with Crippen LogP contribution in [0.15, 0.2) is 16.6 Å². The molecular weight excluding hydrogens is 308 g/mol. The topological polar surface area (TPSA) is 35.2 Å². The van der Waals surface area contributed by atoms with Crippen LogP contribution in [0, 0.1) is 11.7 Å². The van der Waals surface area contributed by atoms with Gasteiger partial charge >= 0.3 is 0 Å². The van der Waals surface area contributed by atoms with E-state index in [2.05, 4.69) is 15.9 Å². The van der Waals surface area contributed by atoms with Crippen LogP contribution in [0.3, 0.4) is 0 Å². The van der Waals surface area contributed by atoms with Gasteiger partial charge in [0.1, 0.15) is 5.82 Å². The molecule has 1 aromatic carbocycles. The van der Waals surface area contributed by atoms with Gasteiger partial charge in [0.25, 0.3) is 0 Å². The normalized spacial score (nSPS) is 19.1. The minimum atomic E-state index is -0.474. The molecule has 2 unspecified atom stereocenters. The zero-order chi connectivity index (χ0) is 12.6. The minimum absolute atomic E-state index is 0.0728. The molecule has 1 saturated carbocycles. The van der Waals surface area contributed by atoms with E-state index in [1.807, 2.05) is 0 Å². The Morgan fingerprint density at radius 2 is 2.18 bits per heavy atom. The van der Waals surface area contributed by atoms with E-state index in [1.165, 1.54) is 0 Å². The number of hydrogen-bond donors (Lipinski definition) is 1. The third kappa shape index (κ3) is 2.65. The van der Waals surface area contributed by atoms with Gasteiger partial charge in [-0.2, -0.15) is 0 Å². The Morgan fingerprint density at radius 3 is 2.71 bits per heavy atom. The highest BCUT2D eigenvalue weighted by Gasteiger charge is 2.37. The molecule has 1 aliphatic rings. The number of ether oxygens (including phenoxy) is 1. The first-order valence-corrected chi connectivity index (χ1v) is 6.65. The molecule has 0 spiro atoms. The van der Waals surface area contributed by atoms with Crippen LogP contribution in [0.4, 0.5) is 4.39 Å². The Kier molecular flexibility index (Phi) is 4.08. The first kappa shape index (κ1) is 13.3. The molecule has 94 valence electrons. The maximum atomic E-state index is 14.0. The van der Waals surface area contributed by atoms with E-state index in [-0.39, 0.29) is 11.1 Å². The fourth-order valence-electron chi connectivity index (χ4n) is 2.03. The molecule has 0 bridgehead atoms. The third-order valence-electron chi connectivity index (χ3n) is 3.14. The molecule has 1 aromatic rings. The van der Waals surface area contributed by atoms with Gasteiger partial charge in [-0.1, -0.05) is 17.7 Å². The number of rotatable bonds is 4. The zero-order valence-electron chi connectivity index (χ0n) is 9.42. The Bertz CT molecular complexity index is 425. The van der Waals surface area contributed by atoms with Gasteiger partial charge in [-0.3, -0.25) is 0 Å². The number of methoxy groups -OCH3 is 1. The monoisotopic (exact) mass is 321 g/mol. The van der Waals surface area contributed by atoms with Crippen molar-refractivity contribution in [3.63, 3.8) is 0 Å². The Balaban J connectivity index is 2.29. The van der Waals surface area contributed by atoms with E-state index in [9.17, 15) is 4.39 Å². The predicted molar refractivity (Wildman–Crippen MR) is 69.6 cm³/mol. The molecule has 2 nitrogen and oxygen atoms in total. The van der Waals surface area contributed by atoms with Crippen LogP contribution in [-0.2, 0) is 4.74 Å². The molecule has 17 heavy (non-hydrogen) atoms. The molecule has 1 fully saturated rings. The predicted octanol–water partition coefficient (Wildman–Crippen LogP) is 3.67. The molecule has 0 saturated heterocycles. The lowest BCUT2D eigenvalue weighted by Crippen LogP contribution is -2.30. The molecule has 5 heteroatoms. The van der Waals surface area contributed by atoms with Gasteiger partial charge in [-0.05, 0) is 40.8 Å². The minimum Gasteiger partial charge on any atom is -0.379 e. The van der Waals surface area contributed by atoms with Gasteiger partial charge in [0.05, 0.1) is 17.2 Å². The van der Waals surface area contributed by atoms with E-state index in [4.69, 9.17) is 22.1 Å². The quantitative estimate of drug-likeness (QED) is 0.859. The SMILES string of the molecule is COC(C1CC1)C(N)c1ccc(Br)c(Cl)c1F. The van der Waals surface area contributed by atoms with Crippen molar-refractivity contribution in [2.75, 3.05) is 7.11 Å². The van der Waals surface area contributed by atoms with Crippen LogP contribution < -0.4 is 5.73 Å². The lowest BCUT2D eigenvalue weighted by atomic mass is 9.98. The summed E-state index contributed by atoms with van der Waals surface area (Å²) < 4.78 is 19.9. The summed E-state index contributed by atoms with van der Waals surface area (Å²) >= 11 is 9.03. The molecule has 0 aromatic heterocycles. The van der Waals surface area contributed by atoms with E-state index in [0.29, 0.717) is 16.0 Å². The maximum Gasteiger partial charge on any atom is 0.147 e. The van der Waals surface area contributed by atoms with Crippen molar-refractivity contribution >= 4 is 27.5 Å². The Labute approximate surface area is 113 Å². The second-order valence-electron chi connectivity index (χ2n) is 4.33. The van der Waals surface area contributed by atoms with Crippen molar-refractivity contribution in [1.82, 2.24) is 0 Å². The lowest BCUT2D eigenvalue weighted by Gasteiger charge is -2.23. The van der Waals surface area contributed by atoms with Crippen LogP contribution in [0.25, 0.3) is 0 Å². The van der Waals surface area contributed by atoms with Crippen molar-refractivity contribution in [2.45, 2.75) is 25.0 Å². The second-order valence-corrected chi connectivity index (χ2v) is 5.56. The summed E-state index contributed by atoms with van der Waals surface area (Å²) in [6.07, 6.45) is 2.05. The highest BCUT2D eigenvalue weighted by molar-refractivity contribution is 9.10. The molecule has 2 rings (SSSR count). The first-order chi connectivity index (χ1) is 8.06. The van der Waals surface area contributed by atoms with Gasteiger partial charge in [-0.15, -0.1) is 0 Å². The van der Waals surface area contributed by atoms with Gasteiger partial charge in [0.2, 0.25) is 0 Å². The van der Waals surface area contributed by atoms with Gasteiger partial charge < -0.3 is 10.5 Å². The average Bonchev–Trinajstić information content (AvgIpc) is 3.11. The van der Waals surface area contributed by atoms with Crippen molar-refractivity contribution in [2.24, 2.45) is 11.7 Å². The lowest BCUT2D eigenvalue weighted by molar-refractivity contribution is 0.0614. The summed E-state index contributed by atoms with van der Waals surface area (Å²) in [5.41, 5.74) is 6.49. The highest BCUT2D eigenvalue weighted by Crippen LogP contribution is 2.40. The van der Waals surface area contributed by atoms with Crippen molar-refractivity contribution in [1.29, 1.82) is 0 Å². The summed E-state index contributed by atoms with van der Waals surface area (Å²) in [6, 6.07) is 2.89. The van der Waals surface area contributed by atoms with Crippen LogP contribution in [-0.4, -0.2) is 13.2 Å². The number of hydrogen-bond acceptors (Lipinski definition) is 2. The van der Waals surface area contributed by atoms with Gasteiger partial charge in [0.15, 0.2) is 0 Å². The zero-order valence-corrected chi connectivity index (χ0v) is 11.8. The summed E-state index contributed by atoms with van der Waals surface area (Å²) in [6.45, 7) is 0. The maximum absolute atomic E-state index is 14.0. The second kappa shape index (κ2) is 5.22. The first-order valence-electron chi connectivity index (χ1n) is 5.48.